The van der Waals surface area contributed by atoms with Crippen LogP contribution in [-0.4, -0.2) is 0 Å². The molecule has 3 N–H and O–H groups in total. The summed E-state index contributed by atoms with van der Waals surface area (Å²) < 4.78 is 0. The van der Waals surface area contributed by atoms with Crippen LogP contribution in [-0.2, 0) is 147 Å². The zero-order valence-electron chi connectivity index (χ0n) is 3.56. The van der Waals surface area contributed by atoms with E-state index < -0.39 is 0 Å². The topological polar surface area (TPSA) is 35.0 Å². The molecule has 0 aromatic carbocycles. The maximum atomic E-state index is 0. The van der Waals surface area contributed by atoms with Crippen molar-refractivity contribution in [2.45, 2.75) is 0 Å². The van der Waals surface area contributed by atoms with Crippen molar-refractivity contribution in [3.63, 3.8) is 0 Å². The van der Waals surface area contributed by atoms with E-state index in [1.807, 2.05) is 0 Å². The van der Waals surface area contributed by atoms with Crippen LogP contribution in [0, 0.1) is 0 Å². The third-order valence-electron chi connectivity index (χ3n) is 0. The summed E-state index contributed by atoms with van der Waals surface area (Å²) in [5, 5.41) is 0. The average Bonchev–Trinajstić information content (AvgIpc) is 0. The first-order valence-corrected chi connectivity index (χ1v) is 0. The van der Waals surface area contributed by atoms with Gasteiger partial charge in [-0.3, -0.25) is 0 Å². The fraction of sp³-hybridized carbons (Fsp3) is 0. The molecule has 1 nitrogen and oxygen atoms in total. The van der Waals surface area contributed by atoms with Crippen LogP contribution in [0.3, 0.4) is 0 Å². The predicted molar refractivity (Wildman–Crippen MR) is 5.02 cm³/mol. The molecule has 0 fully saturated rings. The fourth-order valence-corrected chi connectivity index (χ4v) is 0. The normalized spacial score (nSPS) is 0. The zero-order chi connectivity index (χ0) is 0. The molecule has 0 unspecified atom stereocenters. The molecule has 0 saturated carbocycles. The number of hydrogen-bond acceptors (Lipinski definition) is 1. The summed E-state index contributed by atoms with van der Waals surface area (Å²) in [6.07, 6.45) is 0. The van der Waals surface area contributed by atoms with Crippen LogP contribution < -0.4 is 6.15 Å². The Bertz CT molecular complexity index is 4.35. The molecule has 0 aliphatic carbocycles. The molecule has 0 radical (unpaired) electrons. The van der Waals surface area contributed by atoms with Crippen LogP contribution in [0.5, 0.6) is 0 Å². The molecule has 0 bridgehead atoms. The van der Waals surface area contributed by atoms with Crippen LogP contribution in [0.2, 0.25) is 0 Å². The van der Waals surface area contributed by atoms with E-state index in [2.05, 4.69) is 0 Å². The van der Waals surface area contributed by atoms with Crippen LogP contribution in [0.1, 0.15) is 0 Å². The van der Waals surface area contributed by atoms with Crippen molar-refractivity contribution in [1.82, 2.24) is 6.15 Å². The Hall–Kier alpha value is 4.78. The number of rotatable bonds is 0. The van der Waals surface area contributed by atoms with Gasteiger partial charge in [0.15, 0.2) is 0 Å². The van der Waals surface area contributed by atoms with Gasteiger partial charge in [-0.25, -0.2) is 0 Å². The first kappa shape index (κ1) is 77.6. The summed E-state index contributed by atoms with van der Waals surface area (Å²) >= 11 is 0. The predicted octanol–water partition coefficient (Wildman–Crippen LogP) is 0.144. The summed E-state index contributed by atoms with van der Waals surface area (Å²) in [6.45, 7) is 0. The van der Waals surface area contributed by atoms with E-state index in [1.54, 1.807) is 0 Å². The second kappa shape index (κ2) is 59.9. The van der Waals surface area contributed by atoms with Crippen molar-refractivity contribution in [2.75, 3.05) is 0 Å². The third kappa shape index (κ3) is 45.1. The maximum absolute atomic E-state index is 0. The molecule has 0 aromatic rings. The van der Waals surface area contributed by atoms with Gasteiger partial charge in [0.2, 0.25) is 0 Å². The van der Waals surface area contributed by atoms with Crippen LogP contribution in [0.4, 0.5) is 0 Å². The van der Waals surface area contributed by atoms with Gasteiger partial charge in [-0.2, -0.15) is 0 Å². The van der Waals surface area contributed by atoms with Gasteiger partial charge in [-0.1, -0.05) is 0 Å². The minimum Gasteiger partial charge on any atom is -0.344 e. The molecule has 8 heteroatoms. The first-order chi connectivity index (χ1) is 0. The standard InChI is InChI=1S/7Mo.H3N/h;;;;;;;1H3. The summed E-state index contributed by atoms with van der Waals surface area (Å²) in [7, 11) is 0. The van der Waals surface area contributed by atoms with E-state index in [-0.39, 0.29) is 154 Å². The quantitative estimate of drug-likeness (QED) is 0.362. The van der Waals surface area contributed by atoms with Gasteiger partial charge < -0.3 is 6.15 Å². The molecule has 8 heavy (non-hydrogen) atoms. The molecule has 0 rings (SSSR count). The minimum absolute atomic E-state index is 0. The van der Waals surface area contributed by atoms with Gasteiger partial charge in [0.1, 0.15) is 0 Å². The van der Waals surface area contributed by atoms with Gasteiger partial charge in [-0.15, -0.1) is 0 Å². The Morgan fingerprint density at radius 1 is 0.250 bits per heavy atom. The summed E-state index contributed by atoms with van der Waals surface area (Å²) in [6, 6.07) is 0. The number of hydrogen-bond donors (Lipinski definition) is 1. The maximum Gasteiger partial charge on any atom is 0 e. The van der Waals surface area contributed by atoms with Gasteiger partial charge in [0.25, 0.3) is 0 Å². The molecule has 0 aromatic heterocycles. The van der Waals surface area contributed by atoms with E-state index in [4.69, 9.17) is 0 Å². The Labute approximate surface area is 150 Å². The molecule has 0 saturated heterocycles. The van der Waals surface area contributed by atoms with Crippen molar-refractivity contribution in [3.8, 4) is 0 Å². The molecule has 0 spiro atoms. The zero-order valence-corrected chi connectivity index (χ0v) is 17.6. The van der Waals surface area contributed by atoms with Crippen LogP contribution in [0.25, 0.3) is 0 Å². The van der Waals surface area contributed by atoms with E-state index in [1.165, 1.54) is 0 Å². The average molecular weight is 689 g/mol. The van der Waals surface area contributed by atoms with Crippen molar-refractivity contribution < 1.29 is 147 Å². The Kier molecular flexibility index (Phi) is 582. The molecule has 0 amide bonds. The molecule has 0 atom stereocenters. The van der Waals surface area contributed by atoms with Crippen molar-refractivity contribution in [2.24, 2.45) is 0 Å². The minimum atomic E-state index is 0. The van der Waals surface area contributed by atoms with Crippen LogP contribution >= 0.6 is 0 Å². The SMILES string of the molecule is N.[Mo].[Mo].[Mo].[Mo].[Mo].[Mo].[Mo]. The molecule has 50 valence electrons. The van der Waals surface area contributed by atoms with Crippen molar-refractivity contribution in [3.05, 3.63) is 0 Å². The second-order valence-electron chi connectivity index (χ2n) is 0. The van der Waals surface area contributed by atoms with E-state index in [0.29, 0.717) is 0 Å². The van der Waals surface area contributed by atoms with Gasteiger partial charge in [0, 0.05) is 147 Å². The smallest absolute Gasteiger partial charge is 0 e. The van der Waals surface area contributed by atoms with Crippen molar-refractivity contribution in [1.29, 1.82) is 0 Å². The summed E-state index contributed by atoms with van der Waals surface area (Å²) in [4.78, 5) is 0. The Morgan fingerprint density at radius 2 is 0.250 bits per heavy atom. The summed E-state index contributed by atoms with van der Waals surface area (Å²) in [5.74, 6) is 0. The molecular weight excluding hydrogens is 686 g/mol. The van der Waals surface area contributed by atoms with E-state index >= 15 is 0 Å². The van der Waals surface area contributed by atoms with Gasteiger partial charge in [-0.05, 0) is 0 Å². The Balaban J connectivity index is 0. The first-order valence-electron chi connectivity index (χ1n) is 0. The molecular formula is H3Mo7N. The van der Waals surface area contributed by atoms with E-state index in [0.717, 1.165) is 0 Å². The third-order valence-corrected chi connectivity index (χ3v) is 0. The second-order valence-corrected chi connectivity index (χ2v) is 0. The molecule has 0 heterocycles. The fourth-order valence-electron chi connectivity index (χ4n) is 0. The Morgan fingerprint density at radius 3 is 0.250 bits per heavy atom. The monoisotopic (exact) mass is 702 g/mol. The largest absolute Gasteiger partial charge is 0.344 e. The van der Waals surface area contributed by atoms with Gasteiger partial charge >= 0.3 is 0 Å². The molecule has 0 aliphatic heterocycles. The summed E-state index contributed by atoms with van der Waals surface area (Å²) in [5.41, 5.74) is 0. The van der Waals surface area contributed by atoms with Crippen LogP contribution in [0.15, 0.2) is 0 Å². The van der Waals surface area contributed by atoms with Gasteiger partial charge in [0.05, 0.1) is 0 Å². The van der Waals surface area contributed by atoms with E-state index in [9.17, 15) is 0 Å². The molecule has 0 aliphatic rings. The van der Waals surface area contributed by atoms with Crippen molar-refractivity contribution >= 4 is 0 Å².